The minimum absolute atomic E-state index is 0.0340. The van der Waals surface area contributed by atoms with Crippen LogP contribution in [0.5, 0.6) is 0 Å². The summed E-state index contributed by atoms with van der Waals surface area (Å²) in [4.78, 5) is 30.5. The molecule has 1 atom stereocenters. The lowest BCUT2D eigenvalue weighted by atomic mass is 10.1. The molecule has 0 saturated heterocycles. The predicted molar refractivity (Wildman–Crippen MR) is 127 cm³/mol. The van der Waals surface area contributed by atoms with Crippen molar-refractivity contribution in [2.24, 2.45) is 0 Å². The zero-order valence-electron chi connectivity index (χ0n) is 16.4. The van der Waals surface area contributed by atoms with E-state index in [0.717, 1.165) is 12.8 Å². The highest BCUT2D eigenvalue weighted by molar-refractivity contribution is 7.99. The number of hydrogen-bond acceptors (Lipinski definition) is 5. The number of thioether (sulfide) groups is 1. The van der Waals surface area contributed by atoms with E-state index in [0.29, 0.717) is 26.1 Å². The van der Waals surface area contributed by atoms with Crippen LogP contribution in [0, 0.1) is 0 Å². The summed E-state index contributed by atoms with van der Waals surface area (Å²) in [6, 6.07) is 17.2. The Balaban J connectivity index is 1.41. The predicted octanol–water partition coefficient (Wildman–Crippen LogP) is 5.00. The highest BCUT2D eigenvalue weighted by Crippen LogP contribution is 2.31. The largest absolute Gasteiger partial charge is 0.349 e. The van der Waals surface area contributed by atoms with Gasteiger partial charge in [0.05, 0.1) is 23.0 Å². The summed E-state index contributed by atoms with van der Waals surface area (Å²) in [5.41, 5.74) is 3.60. The third kappa shape index (κ3) is 4.01. The van der Waals surface area contributed by atoms with Crippen LogP contribution in [0.4, 0.5) is 0 Å². The van der Waals surface area contributed by atoms with Crippen LogP contribution in [0.1, 0.15) is 23.6 Å². The number of aromatic nitrogens is 2. The molecule has 0 bridgehead atoms. The molecule has 8 heteroatoms. The number of carbonyl (C=O) groups is 1. The van der Waals surface area contributed by atoms with Gasteiger partial charge in [0, 0.05) is 5.02 Å². The van der Waals surface area contributed by atoms with E-state index in [-0.39, 0.29) is 23.3 Å². The Morgan fingerprint density at radius 3 is 2.97 bits per heavy atom. The van der Waals surface area contributed by atoms with Crippen LogP contribution in [-0.4, -0.2) is 21.2 Å². The van der Waals surface area contributed by atoms with Crippen LogP contribution in [0.2, 0.25) is 5.02 Å². The van der Waals surface area contributed by atoms with Crippen molar-refractivity contribution in [1.29, 1.82) is 0 Å². The second-order valence-corrected chi connectivity index (χ2v) is 9.59. The Morgan fingerprint density at radius 1 is 1.23 bits per heavy atom. The molecular formula is C23H18ClN3O2S2. The zero-order valence-corrected chi connectivity index (χ0v) is 18.8. The zero-order chi connectivity index (χ0) is 21.4. The second kappa shape index (κ2) is 8.49. The van der Waals surface area contributed by atoms with E-state index in [4.69, 9.17) is 11.6 Å². The molecule has 0 fully saturated rings. The highest BCUT2D eigenvalue weighted by atomic mass is 35.5. The molecule has 0 saturated carbocycles. The van der Waals surface area contributed by atoms with Crippen molar-refractivity contribution >= 4 is 50.8 Å². The fourth-order valence-corrected chi connectivity index (χ4v) is 5.67. The molecule has 5 rings (SSSR count). The number of benzene rings is 2. The molecule has 1 aliphatic carbocycles. The van der Waals surface area contributed by atoms with Gasteiger partial charge in [0.2, 0.25) is 5.91 Å². The van der Waals surface area contributed by atoms with Gasteiger partial charge in [0.15, 0.2) is 5.16 Å². The number of halogens is 1. The van der Waals surface area contributed by atoms with E-state index < -0.39 is 0 Å². The first-order valence-electron chi connectivity index (χ1n) is 9.86. The quantitative estimate of drug-likeness (QED) is 0.331. The van der Waals surface area contributed by atoms with E-state index in [9.17, 15) is 9.59 Å². The lowest BCUT2D eigenvalue weighted by Gasteiger charge is -2.15. The first-order valence-corrected chi connectivity index (χ1v) is 12.1. The molecule has 1 amide bonds. The molecule has 156 valence electrons. The van der Waals surface area contributed by atoms with Crippen molar-refractivity contribution in [3.63, 3.8) is 0 Å². The van der Waals surface area contributed by atoms with E-state index in [1.165, 1.54) is 38.8 Å². The number of carbonyl (C=O) groups excluding carboxylic acids is 1. The Kier molecular flexibility index (Phi) is 5.56. The summed E-state index contributed by atoms with van der Waals surface area (Å²) in [7, 11) is 0. The average molecular weight is 468 g/mol. The van der Waals surface area contributed by atoms with Gasteiger partial charge in [0.25, 0.3) is 5.56 Å². The minimum Gasteiger partial charge on any atom is -0.349 e. The number of fused-ring (bicyclic) bond motifs is 2. The van der Waals surface area contributed by atoms with Crippen molar-refractivity contribution in [3.05, 3.63) is 86.5 Å². The Bertz CT molecular complexity index is 1350. The summed E-state index contributed by atoms with van der Waals surface area (Å²) in [5.74, 6) is 0.0884. The van der Waals surface area contributed by atoms with Crippen molar-refractivity contribution in [2.45, 2.75) is 24.0 Å². The minimum atomic E-state index is -0.158. The topological polar surface area (TPSA) is 64.0 Å². The monoisotopic (exact) mass is 467 g/mol. The smallest absolute Gasteiger partial charge is 0.276 e. The number of nitrogens with one attached hydrogen (secondary N) is 1. The van der Waals surface area contributed by atoms with Gasteiger partial charge < -0.3 is 5.32 Å². The van der Waals surface area contributed by atoms with E-state index in [1.54, 1.807) is 18.2 Å². The molecule has 31 heavy (non-hydrogen) atoms. The summed E-state index contributed by atoms with van der Waals surface area (Å²) in [5, 5.41) is 5.98. The molecule has 0 aliphatic heterocycles. The lowest BCUT2D eigenvalue weighted by molar-refractivity contribution is -0.119. The number of thiophene rings is 1. The molecule has 2 aromatic carbocycles. The summed E-state index contributed by atoms with van der Waals surface area (Å²) >= 11 is 8.77. The van der Waals surface area contributed by atoms with Crippen LogP contribution in [-0.2, 0) is 11.2 Å². The average Bonchev–Trinajstić information content (AvgIpc) is 3.40. The molecule has 0 unspecified atom stereocenters. The molecule has 2 aromatic heterocycles. The molecule has 1 aliphatic rings. The van der Waals surface area contributed by atoms with Crippen LogP contribution >= 0.6 is 34.7 Å². The highest BCUT2D eigenvalue weighted by Gasteiger charge is 2.24. The molecule has 2 heterocycles. The molecule has 1 N–H and O–H groups in total. The summed E-state index contributed by atoms with van der Waals surface area (Å²) in [6.45, 7) is 0. The number of amides is 1. The van der Waals surface area contributed by atoms with Gasteiger partial charge in [-0.1, -0.05) is 53.7 Å². The van der Waals surface area contributed by atoms with Gasteiger partial charge in [-0.25, -0.2) is 4.98 Å². The van der Waals surface area contributed by atoms with Crippen molar-refractivity contribution in [1.82, 2.24) is 14.9 Å². The maximum Gasteiger partial charge on any atom is 0.276 e. The fraction of sp³-hybridized carbons (Fsp3) is 0.174. The molecule has 4 aromatic rings. The lowest BCUT2D eigenvalue weighted by Crippen LogP contribution is -2.29. The summed E-state index contributed by atoms with van der Waals surface area (Å²) in [6.07, 6.45) is 1.88. The fourth-order valence-electron chi connectivity index (χ4n) is 3.90. The Hall–Kier alpha value is -2.61. The number of hydrogen-bond donors (Lipinski definition) is 1. The van der Waals surface area contributed by atoms with Gasteiger partial charge >= 0.3 is 0 Å². The van der Waals surface area contributed by atoms with Crippen LogP contribution < -0.4 is 10.9 Å². The third-order valence-corrected chi connectivity index (χ3v) is 7.38. The molecule has 0 spiro atoms. The maximum absolute atomic E-state index is 13.2. The normalized spacial score (nSPS) is 15.2. The van der Waals surface area contributed by atoms with Crippen molar-refractivity contribution in [2.75, 3.05) is 5.75 Å². The van der Waals surface area contributed by atoms with E-state index >= 15 is 0 Å². The Labute approximate surface area is 192 Å². The van der Waals surface area contributed by atoms with Crippen molar-refractivity contribution < 1.29 is 4.79 Å². The van der Waals surface area contributed by atoms with Gasteiger partial charge in [-0.3, -0.25) is 14.2 Å². The number of rotatable bonds is 5. The van der Waals surface area contributed by atoms with Gasteiger partial charge in [-0.05, 0) is 53.6 Å². The van der Waals surface area contributed by atoms with Gasteiger partial charge in [0.1, 0.15) is 4.70 Å². The maximum atomic E-state index is 13.2. The van der Waals surface area contributed by atoms with Gasteiger partial charge in [-0.15, -0.1) is 11.3 Å². The molecular weight excluding hydrogens is 450 g/mol. The van der Waals surface area contributed by atoms with Crippen LogP contribution in [0.25, 0.3) is 15.9 Å². The summed E-state index contributed by atoms with van der Waals surface area (Å²) < 4.78 is 2.12. The Morgan fingerprint density at radius 2 is 2.10 bits per heavy atom. The third-order valence-electron chi connectivity index (χ3n) is 5.32. The number of aryl methyl sites for hydroxylation is 1. The number of nitrogens with zero attached hydrogens (tertiary/aromatic N) is 2. The van der Waals surface area contributed by atoms with Gasteiger partial charge in [-0.2, -0.15) is 0 Å². The SMILES string of the molecule is O=C(CSc1nc2ccsc2c(=O)n1-c1cccc(Cl)c1)N[C@H]1CCc2ccccc21. The molecule has 5 nitrogen and oxygen atoms in total. The van der Waals surface area contributed by atoms with Crippen molar-refractivity contribution in [3.8, 4) is 5.69 Å². The standard InChI is InChI=1S/C23H18ClN3O2S2/c24-15-5-3-6-16(12-15)27-22(29)21-19(10-11-30-21)26-23(27)31-13-20(28)25-18-9-8-14-4-1-2-7-17(14)18/h1-7,10-12,18H,8-9,13H2,(H,25,28)/t18-/m0/s1. The second-order valence-electron chi connectivity index (χ2n) is 7.30. The van der Waals surface area contributed by atoms with E-state index in [2.05, 4.69) is 22.4 Å². The van der Waals surface area contributed by atoms with Crippen LogP contribution in [0.3, 0.4) is 0 Å². The molecule has 0 radical (unpaired) electrons. The van der Waals surface area contributed by atoms with E-state index in [1.807, 2.05) is 29.6 Å². The van der Waals surface area contributed by atoms with Crippen LogP contribution in [0.15, 0.2) is 69.9 Å². The first kappa shape index (κ1) is 20.3. The first-order chi connectivity index (χ1) is 15.1.